The highest BCUT2D eigenvalue weighted by Gasteiger charge is 2.34. The summed E-state index contributed by atoms with van der Waals surface area (Å²) in [7, 11) is 0. The second-order valence-electron chi connectivity index (χ2n) is 5.94. The Balaban J connectivity index is 0.00000161. The smallest absolute Gasteiger partial charge is 0.244 e. The number of halogens is 1. The number of fused-ring (bicyclic) bond motifs is 1. The normalized spacial score (nSPS) is 21.5. The topological polar surface area (TPSA) is 64.2 Å². The third-order valence-electron chi connectivity index (χ3n) is 4.24. The van der Waals surface area contributed by atoms with E-state index in [1.54, 1.807) is 10.9 Å². The van der Waals surface area contributed by atoms with Crippen molar-refractivity contribution in [2.45, 2.75) is 19.9 Å². The lowest BCUT2D eigenvalue weighted by Gasteiger charge is -2.22. The van der Waals surface area contributed by atoms with E-state index in [2.05, 4.69) is 12.0 Å². The molecule has 0 bridgehead atoms. The first kappa shape index (κ1) is 15.8. The highest BCUT2D eigenvalue weighted by Crippen LogP contribution is 2.28. The second kappa shape index (κ2) is 6.03. The van der Waals surface area contributed by atoms with Crippen LogP contribution in [0.5, 0.6) is 0 Å². The molecule has 114 valence electrons. The summed E-state index contributed by atoms with van der Waals surface area (Å²) in [5.41, 5.74) is 6.86. The molecule has 21 heavy (non-hydrogen) atoms. The van der Waals surface area contributed by atoms with Crippen LogP contribution in [0.2, 0.25) is 0 Å². The molecule has 1 aliphatic heterocycles. The van der Waals surface area contributed by atoms with Gasteiger partial charge in [0.15, 0.2) is 0 Å². The van der Waals surface area contributed by atoms with E-state index in [9.17, 15) is 4.79 Å². The standard InChI is InChI=1S/C15H20N4O.ClH/c1-15(10-16)6-7-18(11-15)14(20)9-19-13-5-3-2-4-12(13)8-17-19;/h2-5,8H,6-7,9-11,16H2,1H3;1H. The van der Waals surface area contributed by atoms with E-state index in [0.717, 1.165) is 30.4 Å². The molecule has 3 rings (SSSR count). The van der Waals surface area contributed by atoms with Crippen LogP contribution < -0.4 is 5.73 Å². The molecule has 1 aliphatic rings. The van der Waals surface area contributed by atoms with Crippen molar-refractivity contribution in [3.8, 4) is 0 Å². The summed E-state index contributed by atoms with van der Waals surface area (Å²) in [6.45, 7) is 4.62. The van der Waals surface area contributed by atoms with Gasteiger partial charge in [0.25, 0.3) is 0 Å². The number of nitrogens with two attached hydrogens (primary N) is 1. The van der Waals surface area contributed by atoms with Gasteiger partial charge in [-0.25, -0.2) is 0 Å². The lowest BCUT2D eigenvalue weighted by Crippen LogP contribution is -2.36. The van der Waals surface area contributed by atoms with Gasteiger partial charge in [-0.3, -0.25) is 9.48 Å². The number of hydrogen-bond donors (Lipinski definition) is 1. The summed E-state index contributed by atoms with van der Waals surface area (Å²) in [6, 6.07) is 7.93. The maximum Gasteiger partial charge on any atom is 0.244 e. The van der Waals surface area contributed by atoms with Crippen molar-refractivity contribution in [2.24, 2.45) is 11.1 Å². The van der Waals surface area contributed by atoms with Crippen LogP contribution in [-0.4, -0.2) is 40.2 Å². The molecule has 1 saturated heterocycles. The van der Waals surface area contributed by atoms with Crippen molar-refractivity contribution < 1.29 is 4.79 Å². The Hall–Kier alpha value is -1.59. The molecule has 2 N–H and O–H groups in total. The van der Waals surface area contributed by atoms with E-state index >= 15 is 0 Å². The monoisotopic (exact) mass is 308 g/mol. The number of carbonyl (C=O) groups excluding carboxylic acids is 1. The zero-order chi connectivity index (χ0) is 14.2. The molecule has 1 atom stereocenters. The first-order valence-corrected chi connectivity index (χ1v) is 7.00. The Morgan fingerprint density at radius 1 is 1.43 bits per heavy atom. The number of amides is 1. The van der Waals surface area contributed by atoms with Gasteiger partial charge in [-0.15, -0.1) is 12.4 Å². The number of carbonyl (C=O) groups is 1. The summed E-state index contributed by atoms with van der Waals surface area (Å²) in [5.74, 6) is 0.121. The molecule has 2 heterocycles. The maximum absolute atomic E-state index is 12.4. The summed E-state index contributed by atoms with van der Waals surface area (Å²) < 4.78 is 1.77. The van der Waals surface area contributed by atoms with Gasteiger partial charge in [-0.05, 0) is 24.4 Å². The average Bonchev–Trinajstić information content (AvgIpc) is 3.04. The van der Waals surface area contributed by atoms with E-state index in [0.29, 0.717) is 13.1 Å². The summed E-state index contributed by atoms with van der Waals surface area (Å²) in [6.07, 6.45) is 2.78. The maximum atomic E-state index is 12.4. The quantitative estimate of drug-likeness (QED) is 0.938. The Labute approximate surface area is 130 Å². The number of nitrogens with zero attached hydrogens (tertiary/aromatic N) is 3. The summed E-state index contributed by atoms with van der Waals surface area (Å²) in [5, 5.41) is 5.37. The van der Waals surface area contributed by atoms with Crippen molar-refractivity contribution in [3.63, 3.8) is 0 Å². The van der Waals surface area contributed by atoms with Crippen molar-refractivity contribution in [2.75, 3.05) is 19.6 Å². The van der Waals surface area contributed by atoms with Crippen molar-refractivity contribution in [1.29, 1.82) is 0 Å². The van der Waals surface area contributed by atoms with Gasteiger partial charge < -0.3 is 10.6 Å². The van der Waals surface area contributed by atoms with Crippen molar-refractivity contribution in [3.05, 3.63) is 30.5 Å². The molecule has 0 spiro atoms. The number of hydrogen-bond acceptors (Lipinski definition) is 3. The Morgan fingerprint density at radius 2 is 2.19 bits per heavy atom. The molecule has 6 heteroatoms. The van der Waals surface area contributed by atoms with E-state index in [-0.39, 0.29) is 23.7 Å². The largest absolute Gasteiger partial charge is 0.340 e. The van der Waals surface area contributed by atoms with Crippen LogP contribution in [0.4, 0.5) is 0 Å². The molecule has 0 saturated carbocycles. The third-order valence-corrected chi connectivity index (χ3v) is 4.24. The Kier molecular flexibility index (Phi) is 4.54. The molecular weight excluding hydrogens is 288 g/mol. The van der Waals surface area contributed by atoms with E-state index < -0.39 is 0 Å². The highest BCUT2D eigenvalue weighted by atomic mass is 35.5. The van der Waals surface area contributed by atoms with Gasteiger partial charge in [-0.2, -0.15) is 5.10 Å². The molecule has 5 nitrogen and oxygen atoms in total. The van der Waals surface area contributed by atoms with Crippen molar-refractivity contribution >= 4 is 29.2 Å². The molecule has 0 radical (unpaired) electrons. The molecule has 2 aromatic rings. The fourth-order valence-corrected chi connectivity index (χ4v) is 2.78. The van der Waals surface area contributed by atoms with E-state index in [1.165, 1.54) is 0 Å². The second-order valence-corrected chi connectivity index (χ2v) is 5.94. The van der Waals surface area contributed by atoms with Crippen LogP contribution in [0, 0.1) is 5.41 Å². The first-order chi connectivity index (χ1) is 9.61. The minimum absolute atomic E-state index is 0. The number of likely N-dealkylation sites (tertiary alicyclic amines) is 1. The minimum Gasteiger partial charge on any atom is -0.340 e. The first-order valence-electron chi connectivity index (χ1n) is 7.00. The fraction of sp³-hybridized carbons (Fsp3) is 0.467. The molecule has 1 aromatic carbocycles. The van der Waals surface area contributed by atoms with Gasteiger partial charge in [-0.1, -0.05) is 25.1 Å². The Bertz CT molecular complexity index is 641. The van der Waals surface area contributed by atoms with Gasteiger partial charge in [0, 0.05) is 18.5 Å². The number of para-hydroxylation sites is 1. The molecule has 1 amide bonds. The molecule has 1 unspecified atom stereocenters. The van der Waals surface area contributed by atoms with Crippen LogP contribution in [0.15, 0.2) is 30.5 Å². The molecule has 1 aromatic heterocycles. The molecule has 0 aliphatic carbocycles. The zero-order valence-corrected chi connectivity index (χ0v) is 13.0. The summed E-state index contributed by atoms with van der Waals surface area (Å²) >= 11 is 0. The van der Waals surface area contributed by atoms with E-state index in [1.807, 2.05) is 29.2 Å². The average molecular weight is 309 g/mol. The van der Waals surface area contributed by atoms with Gasteiger partial charge in [0.05, 0.1) is 11.7 Å². The predicted molar refractivity (Wildman–Crippen MR) is 85.3 cm³/mol. The summed E-state index contributed by atoms with van der Waals surface area (Å²) in [4.78, 5) is 14.3. The van der Waals surface area contributed by atoms with Gasteiger partial charge in [0.2, 0.25) is 5.91 Å². The van der Waals surface area contributed by atoms with Crippen LogP contribution in [0.1, 0.15) is 13.3 Å². The number of aromatic nitrogens is 2. The van der Waals surface area contributed by atoms with Crippen LogP contribution in [-0.2, 0) is 11.3 Å². The predicted octanol–water partition coefficient (Wildman–Crippen LogP) is 1.66. The molecule has 1 fully saturated rings. The van der Waals surface area contributed by atoms with Crippen LogP contribution >= 0.6 is 12.4 Å². The van der Waals surface area contributed by atoms with Gasteiger partial charge in [0.1, 0.15) is 6.54 Å². The fourth-order valence-electron chi connectivity index (χ4n) is 2.78. The highest BCUT2D eigenvalue weighted by molar-refractivity contribution is 5.85. The van der Waals surface area contributed by atoms with Crippen LogP contribution in [0.3, 0.4) is 0 Å². The lowest BCUT2D eigenvalue weighted by molar-refractivity contribution is -0.131. The zero-order valence-electron chi connectivity index (χ0n) is 12.2. The number of rotatable bonds is 3. The molecular formula is C15H21ClN4O. The van der Waals surface area contributed by atoms with Crippen LogP contribution in [0.25, 0.3) is 10.9 Å². The lowest BCUT2D eigenvalue weighted by atomic mass is 9.90. The third kappa shape index (κ3) is 3.04. The van der Waals surface area contributed by atoms with Crippen molar-refractivity contribution in [1.82, 2.24) is 14.7 Å². The Morgan fingerprint density at radius 3 is 2.90 bits per heavy atom. The van der Waals surface area contributed by atoms with E-state index in [4.69, 9.17) is 5.73 Å². The SMILES string of the molecule is CC1(CN)CCN(C(=O)Cn2ncc3ccccc32)C1.Cl. The number of benzene rings is 1. The minimum atomic E-state index is 0. The van der Waals surface area contributed by atoms with Gasteiger partial charge >= 0.3 is 0 Å².